The van der Waals surface area contributed by atoms with E-state index in [9.17, 15) is 4.79 Å². The van der Waals surface area contributed by atoms with Gasteiger partial charge in [0.15, 0.2) is 0 Å². The van der Waals surface area contributed by atoms with E-state index in [4.69, 9.17) is 11.6 Å². The second-order valence-corrected chi connectivity index (χ2v) is 6.74. The molecule has 0 radical (unpaired) electrons. The highest BCUT2D eigenvalue weighted by molar-refractivity contribution is 6.30. The summed E-state index contributed by atoms with van der Waals surface area (Å²) in [6.45, 7) is 7.41. The highest BCUT2D eigenvalue weighted by Gasteiger charge is 2.18. The van der Waals surface area contributed by atoms with Crippen molar-refractivity contribution in [1.29, 1.82) is 0 Å². The number of nitrogens with one attached hydrogen (secondary N) is 1. The van der Waals surface area contributed by atoms with Gasteiger partial charge in [-0.1, -0.05) is 29.8 Å². The number of carbonyl (C=O) groups is 1. The quantitative estimate of drug-likeness (QED) is 0.890. The molecule has 0 spiro atoms. The average Bonchev–Trinajstić information content (AvgIpc) is 2.63. The number of rotatable bonds is 5. The first kappa shape index (κ1) is 17.8. The average molecular weight is 358 g/mol. The van der Waals surface area contributed by atoms with Crippen LogP contribution >= 0.6 is 11.6 Å². The lowest BCUT2D eigenvalue weighted by molar-refractivity contribution is 0.0955. The Morgan fingerprint density at radius 3 is 2.56 bits per heavy atom. The fraction of sp³-hybridized carbons (Fsp3) is 0.350. The molecule has 3 rings (SSSR count). The normalized spacial score (nSPS) is 15.2. The maximum atomic E-state index is 12.0. The number of hydrogen-bond donors (Lipinski definition) is 1. The molecule has 4 nitrogen and oxygen atoms in total. The highest BCUT2D eigenvalue weighted by Crippen LogP contribution is 2.21. The number of benzene rings is 2. The number of amides is 1. The lowest BCUT2D eigenvalue weighted by atomic mass is 10.1. The molecule has 1 aliphatic rings. The predicted octanol–water partition coefficient (Wildman–Crippen LogP) is 3.41. The summed E-state index contributed by atoms with van der Waals surface area (Å²) in [7, 11) is 0. The van der Waals surface area contributed by atoms with Gasteiger partial charge in [0.2, 0.25) is 0 Å². The number of carbonyl (C=O) groups excluding carboxylic acids is 1. The van der Waals surface area contributed by atoms with Gasteiger partial charge in [0.1, 0.15) is 0 Å². The Bertz CT molecular complexity index is 726. The Balaban J connectivity index is 1.57. The van der Waals surface area contributed by atoms with E-state index < -0.39 is 0 Å². The minimum atomic E-state index is -0.00451. The van der Waals surface area contributed by atoms with Crippen molar-refractivity contribution in [2.45, 2.75) is 13.5 Å². The van der Waals surface area contributed by atoms with Crippen molar-refractivity contribution in [1.82, 2.24) is 10.2 Å². The summed E-state index contributed by atoms with van der Waals surface area (Å²) in [6.07, 6.45) is 0. The summed E-state index contributed by atoms with van der Waals surface area (Å²) < 4.78 is 0. The molecule has 1 heterocycles. The molecule has 0 saturated carbocycles. The standard InChI is InChI=1S/C20H24ClN3O/c1-2-22-20(25)17-6-3-5-16(13-17)15-23-9-11-24(12-10-23)19-8-4-7-18(21)14-19/h3-8,13-14H,2,9-12,15H2,1H3,(H,22,25). The number of piperazine rings is 1. The molecule has 0 aliphatic carbocycles. The van der Waals surface area contributed by atoms with Crippen LogP contribution in [0.25, 0.3) is 0 Å². The molecule has 1 fully saturated rings. The maximum absolute atomic E-state index is 12.0. The summed E-state index contributed by atoms with van der Waals surface area (Å²) in [4.78, 5) is 16.8. The summed E-state index contributed by atoms with van der Waals surface area (Å²) in [5.74, 6) is -0.00451. The molecule has 25 heavy (non-hydrogen) atoms. The minimum absolute atomic E-state index is 0.00451. The lowest BCUT2D eigenvalue weighted by Gasteiger charge is -2.36. The number of hydrogen-bond acceptors (Lipinski definition) is 3. The van der Waals surface area contributed by atoms with Crippen LogP contribution in [0.1, 0.15) is 22.8 Å². The molecule has 1 N–H and O–H groups in total. The van der Waals surface area contributed by atoms with E-state index in [0.717, 1.165) is 43.3 Å². The molecule has 132 valence electrons. The van der Waals surface area contributed by atoms with Gasteiger partial charge in [-0.05, 0) is 42.8 Å². The monoisotopic (exact) mass is 357 g/mol. The smallest absolute Gasteiger partial charge is 0.251 e. The lowest BCUT2D eigenvalue weighted by Crippen LogP contribution is -2.46. The van der Waals surface area contributed by atoms with Crippen molar-refractivity contribution >= 4 is 23.2 Å². The Labute approximate surface area is 154 Å². The summed E-state index contributed by atoms with van der Waals surface area (Å²) >= 11 is 6.09. The van der Waals surface area contributed by atoms with Gasteiger partial charge < -0.3 is 10.2 Å². The van der Waals surface area contributed by atoms with Crippen LogP contribution in [0.3, 0.4) is 0 Å². The van der Waals surface area contributed by atoms with Crippen LogP contribution in [0, 0.1) is 0 Å². The third-order valence-electron chi connectivity index (χ3n) is 4.48. The van der Waals surface area contributed by atoms with Gasteiger partial charge in [-0.2, -0.15) is 0 Å². The summed E-state index contributed by atoms with van der Waals surface area (Å²) in [6, 6.07) is 15.9. The fourth-order valence-electron chi connectivity index (χ4n) is 3.17. The highest BCUT2D eigenvalue weighted by atomic mass is 35.5. The molecule has 0 aromatic heterocycles. The topological polar surface area (TPSA) is 35.6 Å². The third kappa shape index (κ3) is 4.74. The van der Waals surface area contributed by atoms with Crippen LogP contribution in [-0.2, 0) is 6.54 Å². The van der Waals surface area contributed by atoms with E-state index in [1.807, 2.05) is 43.3 Å². The zero-order valence-corrected chi connectivity index (χ0v) is 15.3. The second kappa shape index (κ2) is 8.37. The van der Waals surface area contributed by atoms with E-state index in [2.05, 4.69) is 27.2 Å². The number of anilines is 1. The first-order chi connectivity index (χ1) is 12.2. The Morgan fingerprint density at radius 2 is 1.84 bits per heavy atom. The van der Waals surface area contributed by atoms with Gasteiger partial charge in [-0.25, -0.2) is 0 Å². The van der Waals surface area contributed by atoms with Gasteiger partial charge in [0.05, 0.1) is 0 Å². The van der Waals surface area contributed by atoms with Crippen LogP contribution in [0.15, 0.2) is 48.5 Å². The van der Waals surface area contributed by atoms with Gasteiger partial charge in [-0.3, -0.25) is 9.69 Å². The van der Waals surface area contributed by atoms with E-state index in [-0.39, 0.29) is 5.91 Å². The SMILES string of the molecule is CCNC(=O)c1cccc(CN2CCN(c3cccc(Cl)c3)CC2)c1. The van der Waals surface area contributed by atoms with Crippen LogP contribution in [-0.4, -0.2) is 43.5 Å². The van der Waals surface area contributed by atoms with Crippen LogP contribution in [0.4, 0.5) is 5.69 Å². The minimum Gasteiger partial charge on any atom is -0.369 e. The van der Waals surface area contributed by atoms with Gasteiger partial charge >= 0.3 is 0 Å². The molecule has 1 aliphatic heterocycles. The van der Waals surface area contributed by atoms with Crippen molar-refractivity contribution in [2.24, 2.45) is 0 Å². The molecule has 1 amide bonds. The summed E-state index contributed by atoms with van der Waals surface area (Å²) in [5, 5.41) is 3.63. The molecule has 0 bridgehead atoms. The first-order valence-electron chi connectivity index (χ1n) is 8.75. The van der Waals surface area contributed by atoms with Gasteiger partial charge in [-0.15, -0.1) is 0 Å². The molecule has 2 aromatic rings. The first-order valence-corrected chi connectivity index (χ1v) is 9.13. The Hall–Kier alpha value is -2.04. The Kier molecular flexibility index (Phi) is 5.95. The van der Waals surface area contributed by atoms with E-state index in [1.165, 1.54) is 11.3 Å². The van der Waals surface area contributed by atoms with Gasteiger partial charge in [0.25, 0.3) is 5.91 Å². The molecule has 1 saturated heterocycles. The third-order valence-corrected chi connectivity index (χ3v) is 4.71. The van der Waals surface area contributed by atoms with Crippen molar-refractivity contribution in [3.63, 3.8) is 0 Å². The summed E-state index contributed by atoms with van der Waals surface area (Å²) in [5.41, 5.74) is 3.10. The second-order valence-electron chi connectivity index (χ2n) is 6.30. The number of halogens is 1. The van der Waals surface area contributed by atoms with Crippen LogP contribution < -0.4 is 10.2 Å². The largest absolute Gasteiger partial charge is 0.369 e. The zero-order valence-electron chi connectivity index (χ0n) is 14.5. The van der Waals surface area contributed by atoms with Gasteiger partial charge in [0, 0.05) is 55.5 Å². The fourth-order valence-corrected chi connectivity index (χ4v) is 3.35. The maximum Gasteiger partial charge on any atom is 0.251 e. The van der Waals surface area contributed by atoms with Crippen LogP contribution in [0.5, 0.6) is 0 Å². The predicted molar refractivity (Wildman–Crippen MR) is 103 cm³/mol. The Morgan fingerprint density at radius 1 is 1.08 bits per heavy atom. The van der Waals surface area contributed by atoms with E-state index >= 15 is 0 Å². The molecular formula is C20H24ClN3O. The van der Waals surface area contributed by atoms with E-state index in [0.29, 0.717) is 6.54 Å². The molecule has 0 unspecified atom stereocenters. The van der Waals surface area contributed by atoms with E-state index in [1.54, 1.807) is 0 Å². The van der Waals surface area contributed by atoms with Crippen molar-refractivity contribution < 1.29 is 4.79 Å². The number of nitrogens with zero attached hydrogens (tertiary/aromatic N) is 2. The zero-order chi connectivity index (χ0) is 17.6. The van der Waals surface area contributed by atoms with Crippen molar-refractivity contribution in [3.8, 4) is 0 Å². The molecule has 0 atom stereocenters. The van der Waals surface area contributed by atoms with Crippen LogP contribution in [0.2, 0.25) is 5.02 Å². The molecular weight excluding hydrogens is 334 g/mol. The molecule has 2 aromatic carbocycles. The van der Waals surface area contributed by atoms with Crippen molar-refractivity contribution in [2.75, 3.05) is 37.6 Å². The van der Waals surface area contributed by atoms with Crippen molar-refractivity contribution in [3.05, 3.63) is 64.7 Å². The molecule has 5 heteroatoms.